The van der Waals surface area contributed by atoms with E-state index in [1.54, 1.807) is 24.3 Å². The fourth-order valence-electron chi connectivity index (χ4n) is 2.47. The summed E-state index contributed by atoms with van der Waals surface area (Å²) in [6.07, 6.45) is 0.969. The Balaban J connectivity index is 1.77. The molecule has 3 aromatic rings. The Morgan fingerprint density at radius 3 is 2.48 bits per heavy atom. The number of rotatable bonds is 7. The number of carbonyl (C=O) groups excluding carboxylic acids is 1. The smallest absolute Gasteiger partial charge is 0.191 e. The Morgan fingerprint density at radius 2 is 1.80 bits per heavy atom. The van der Waals surface area contributed by atoms with Crippen LogP contribution >= 0.6 is 23.4 Å². The number of halogens is 1. The van der Waals surface area contributed by atoms with Gasteiger partial charge in [-0.05, 0) is 30.7 Å². The second kappa shape index (κ2) is 8.32. The Bertz CT molecular complexity index is 847. The quantitative estimate of drug-likeness (QED) is 0.434. The molecule has 0 saturated heterocycles. The summed E-state index contributed by atoms with van der Waals surface area (Å²) in [6.45, 7) is 2.93. The minimum absolute atomic E-state index is 0.0500. The first kappa shape index (κ1) is 17.7. The number of hydrogen-bond acceptors (Lipinski definition) is 4. The van der Waals surface area contributed by atoms with E-state index in [2.05, 4.69) is 21.7 Å². The van der Waals surface area contributed by atoms with E-state index in [-0.39, 0.29) is 5.78 Å². The number of nitrogens with zero attached hydrogens (tertiary/aromatic N) is 3. The fraction of sp³-hybridized carbons (Fsp3) is 0.211. The highest BCUT2D eigenvalue weighted by atomic mass is 35.5. The maximum absolute atomic E-state index is 12.4. The molecule has 0 unspecified atom stereocenters. The second-order valence-corrected chi connectivity index (χ2v) is 6.92. The molecule has 25 heavy (non-hydrogen) atoms. The van der Waals surface area contributed by atoms with Crippen LogP contribution in [-0.2, 0) is 6.54 Å². The van der Waals surface area contributed by atoms with Crippen molar-refractivity contribution in [3.63, 3.8) is 0 Å². The van der Waals surface area contributed by atoms with Crippen LogP contribution in [0.15, 0.2) is 59.8 Å². The highest BCUT2D eigenvalue weighted by Gasteiger charge is 2.15. The molecule has 1 aromatic heterocycles. The minimum Gasteiger partial charge on any atom is -0.302 e. The molecule has 0 fully saturated rings. The molecule has 0 saturated carbocycles. The number of benzene rings is 2. The number of Topliss-reactive ketones (excluding diaryl/α,β-unsaturated/α-hetero) is 1. The zero-order valence-corrected chi connectivity index (χ0v) is 15.4. The maximum Gasteiger partial charge on any atom is 0.191 e. The van der Waals surface area contributed by atoms with E-state index in [1.165, 1.54) is 11.8 Å². The van der Waals surface area contributed by atoms with Gasteiger partial charge in [0.05, 0.1) is 5.75 Å². The molecule has 4 nitrogen and oxygen atoms in total. The van der Waals surface area contributed by atoms with Crippen LogP contribution in [0.25, 0.3) is 11.4 Å². The van der Waals surface area contributed by atoms with Crippen molar-refractivity contribution >= 4 is 29.1 Å². The molecular weight excluding hydrogens is 354 g/mol. The molecule has 128 valence electrons. The van der Waals surface area contributed by atoms with Crippen molar-refractivity contribution < 1.29 is 4.79 Å². The van der Waals surface area contributed by atoms with Crippen LogP contribution in [0.5, 0.6) is 0 Å². The number of thioether (sulfide) groups is 1. The van der Waals surface area contributed by atoms with Gasteiger partial charge in [-0.2, -0.15) is 0 Å². The lowest BCUT2D eigenvalue weighted by molar-refractivity contribution is 0.102. The first-order valence-electron chi connectivity index (χ1n) is 8.09. The van der Waals surface area contributed by atoms with Crippen molar-refractivity contribution in [2.45, 2.75) is 25.0 Å². The van der Waals surface area contributed by atoms with Crippen molar-refractivity contribution in [2.24, 2.45) is 0 Å². The summed E-state index contributed by atoms with van der Waals surface area (Å²) in [7, 11) is 0. The summed E-state index contributed by atoms with van der Waals surface area (Å²) in [5, 5.41) is 10.0. The van der Waals surface area contributed by atoms with Gasteiger partial charge in [0.2, 0.25) is 0 Å². The summed E-state index contributed by atoms with van der Waals surface area (Å²) < 4.78 is 2.08. The molecule has 0 amide bonds. The molecule has 0 atom stereocenters. The van der Waals surface area contributed by atoms with Gasteiger partial charge in [-0.25, -0.2) is 0 Å². The predicted molar refractivity (Wildman–Crippen MR) is 102 cm³/mol. The van der Waals surface area contributed by atoms with E-state index >= 15 is 0 Å². The summed E-state index contributed by atoms with van der Waals surface area (Å²) in [4.78, 5) is 12.4. The Hall–Kier alpha value is -2.11. The largest absolute Gasteiger partial charge is 0.302 e. The third-order valence-corrected chi connectivity index (χ3v) is 4.91. The SMILES string of the molecule is CCCn1c(SCC(=O)c2ccc(Cl)cc2)nnc1-c1ccccc1. The van der Waals surface area contributed by atoms with E-state index in [4.69, 9.17) is 11.6 Å². The summed E-state index contributed by atoms with van der Waals surface area (Å²) in [6, 6.07) is 16.9. The number of carbonyl (C=O) groups is 1. The van der Waals surface area contributed by atoms with Crippen LogP contribution in [-0.4, -0.2) is 26.3 Å². The average molecular weight is 372 g/mol. The summed E-state index contributed by atoms with van der Waals surface area (Å²) in [5.41, 5.74) is 1.68. The molecule has 0 radical (unpaired) electrons. The summed E-state index contributed by atoms with van der Waals surface area (Å²) in [5.74, 6) is 1.20. The van der Waals surface area contributed by atoms with E-state index in [0.29, 0.717) is 16.3 Å². The molecule has 0 aliphatic heterocycles. The number of aromatic nitrogens is 3. The lowest BCUT2D eigenvalue weighted by Crippen LogP contribution is -2.06. The molecule has 0 aliphatic carbocycles. The van der Waals surface area contributed by atoms with Crippen LogP contribution in [0.4, 0.5) is 0 Å². The maximum atomic E-state index is 12.4. The van der Waals surface area contributed by atoms with Gasteiger partial charge in [0.25, 0.3) is 0 Å². The van der Waals surface area contributed by atoms with Gasteiger partial charge >= 0.3 is 0 Å². The standard InChI is InChI=1S/C19H18ClN3OS/c1-2-12-23-18(15-6-4-3-5-7-15)21-22-19(23)25-13-17(24)14-8-10-16(20)11-9-14/h3-11H,2,12-13H2,1H3. The number of ketones is 1. The van der Waals surface area contributed by atoms with Crippen molar-refractivity contribution in [1.82, 2.24) is 14.8 Å². The Morgan fingerprint density at radius 1 is 1.08 bits per heavy atom. The first-order valence-corrected chi connectivity index (χ1v) is 9.45. The molecule has 2 aromatic carbocycles. The van der Waals surface area contributed by atoms with Crippen LogP contribution in [0, 0.1) is 0 Å². The number of hydrogen-bond donors (Lipinski definition) is 0. The van der Waals surface area contributed by atoms with Gasteiger partial charge in [-0.1, -0.05) is 60.6 Å². The Kier molecular flexibility index (Phi) is 5.89. The van der Waals surface area contributed by atoms with E-state index in [0.717, 1.165) is 29.5 Å². The van der Waals surface area contributed by atoms with E-state index in [9.17, 15) is 4.79 Å². The van der Waals surface area contributed by atoms with Crippen LogP contribution in [0.1, 0.15) is 23.7 Å². The van der Waals surface area contributed by atoms with Gasteiger partial charge in [-0.3, -0.25) is 4.79 Å². The molecule has 0 bridgehead atoms. The van der Waals surface area contributed by atoms with Gasteiger partial charge in [0, 0.05) is 22.7 Å². The second-order valence-electron chi connectivity index (χ2n) is 5.54. The van der Waals surface area contributed by atoms with E-state index in [1.807, 2.05) is 30.3 Å². The van der Waals surface area contributed by atoms with Crippen LogP contribution in [0.2, 0.25) is 5.02 Å². The first-order chi connectivity index (χ1) is 12.2. The highest BCUT2D eigenvalue weighted by Crippen LogP contribution is 2.25. The lowest BCUT2D eigenvalue weighted by atomic mass is 10.1. The summed E-state index contributed by atoms with van der Waals surface area (Å²) >= 11 is 7.28. The van der Waals surface area contributed by atoms with Crippen LogP contribution < -0.4 is 0 Å². The topological polar surface area (TPSA) is 47.8 Å². The lowest BCUT2D eigenvalue weighted by Gasteiger charge is -2.08. The molecular formula is C19H18ClN3OS. The van der Waals surface area contributed by atoms with E-state index < -0.39 is 0 Å². The van der Waals surface area contributed by atoms with Gasteiger partial charge in [-0.15, -0.1) is 10.2 Å². The Labute approximate surface area is 156 Å². The third-order valence-electron chi connectivity index (χ3n) is 3.69. The molecule has 0 spiro atoms. The molecule has 3 rings (SSSR count). The van der Waals surface area contributed by atoms with Gasteiger partial charge in [0.15, 0.2) is 16.8 Å². The zero-order valence-electron chi connectivity index (χ0n) is 13.9. The van der Waals surface area contributed by atoms with Crippen molar-refractivity contribution in [3.8, 4) is 11.4 Å². The highest BCUT2D eigenvalue weighted by molar-refractivity contribution is 7.99. The molecule has 0 N–H and O–H groups in total. The molecule has 1 heterocycles. The molecule has 0 aliphatic rings. The van der Waals surface area contributed by atoms with Gasteiger partial charge < -0.3 is 4.57 Å². The molecule has 6 heteroatoms. The van der Waals surface area contributed by atoms with Crippen molar-refractivity contribution in [3.05, 3.63) is 65.2 Å². The van der Waals surface area contributed by atoms with Crippen molar-refractivity contribution in [2.75, 3.05) is 5.75 Å². The predicted octanol–water partition coefficient (Wildman–Crippen LogP) is 4.98. The third kappa shape index (κ3) is 4.30. The fourth-order valence-corrected chi connectivity index (χ4v) is 3.46. The normalized spacial score (nSPS) is 10.8. The van der Waals surface area contributed by atoms with Gasteiger partial charge in [0.1, 0.15) is 0 Å². The van der Waals surface area contributed by atoms with Crippen LogP contribution in [0.3, 0.4) is 0 Å². The zero-order chi connectivity index (χ0) is 17.6. The van der Waals surface area contributed by atoms with Crippen molar-refractivity contribution in [1.29, 1.82) is 0 Å². The minimum atomic E-state index is 0.0500. The average Bonchev–Trinajstić information content (AvgIpc) is 3.04. The monoisotopic (exact) mass is 371 g/mol.